The van der Waals surface area contributed by atoms with E-state index < -0.39 is 0 Å². The number of allylic oxidation sites excluding steroid dienone is 3. The third-order valence-electron chi connectivity index (χ3n) is 3.73. The van der Waals surface area contributed by atoms with Crippen molar-refractivity contribution < 1.29 is 19.1 Å². The van der Waals surface area contributed by atoms with E-state index >= 15 is 0 Å². The van der Waals surface area contributed by atoms with Crippen molar-refractivity contribution in [3.63, 3.8) is 0 Å². The van der Waals surface area contributed by atoms with Gasteiger partial charge in [0.25, 0.3) is 0 Å². The van der Waals surface area contributed by atoms with Gasteiger partial charge in [-0.15, -0.1) is 11.8 Å². The first-order valence-corrected chi connectivity index (χ1v) is 7.18. The number of carbonyl (C=O) groups is 2. The SMILES string of the molecule is CC1SC(C(N)=O)CC2=CC3=C(CC2C1=O)OCO3. The predicted molar refractivity (Wildman–Crippen MR) is 69.9 cm³/mol. The number of nitrogens with two attached hydrogens (primary N) is 1. The lowest BCUT2D eigenvalue weighted by Crippen LogP contribution is -2.27. The lowest BCUT2D eigenvalue weighted by Gasteiger charge is -2.21. The normalized spacial score (nSPS) is 33.6. The summed E-state index contributed by atoms with van der Waals surface area (Å²) in [6.07, 6.45) is 2.90. The van der Waals surface area contributed by atoms with Crippen LogP contribution < -0.4 is 5.73 Å². The number of fused-ring (bicyclic) bond motifs is 1. The highest BCUT2D eigenvalue weighted by Gasteiger charge is 2.40. The minimum atomic E-state index is -0.366. The Kier molecular flexibility index (Phi) is 3.05. The molecular weight excluding hydrogens is 266 g/mol. The molecule has 0 bridgehead atoms. The Balaban J connectivity index is 1.95. The quantitative estimate of drug-likeness (QED) is 0.778. The van der Waals surface area contributed by atoms with E-state index in [9.17, 15) is 9.59 Å². The van der Waals surface area contributed by atoms with Crippen LogP contribution in [-0.4, -0.2) is 29.0 Å². The maximum atomic E-state index is 12.4. The summed E-state index contributed by atoms with van der Waals surface area (Å²) in [5.74, 6) is 1.02. The standard InChI is InChI=1S/C13H15NO4S/c1-6-12(15)8-4-10-9(17-5-18-10)2-7(8)3-11(19-6)13(14)16/h2,6,8,11H,3-5H2,1H3,(H2,14,16). The highest BCUT2D eigenvalue weighted by molar-refractivity contribution is 8.01. The molecule has 0 saturated carbocycles. The highest BCUT2D eigenvalue weighted by atomic mass is 32.2. The number of hydrogen-bond acceptors (Lipinski definition) is 5. The molecule has 3 aliphatic rings. The fourth-order valence-corrected chi connectivity index (χ4v) is 3.91. The van der Waals surface area contributed by atoms with Crippen molar-refractivity contribution in [3.05, 3.63) is 23.2 Å². The van der Waals surface area contributed by atoms with Crippen LogP contribution in [0.1, 0.15) is 19.8 Å². The summed E-state index contributed by atoms with van der Waals surface area (Å²) in [5.41, 5.74) is 6.35. The van der Waals surface area contributed by atoms with Crippen LogP contribution in [-0.2, 0) is 19.1 Å². The molecule has 0 spiro atoms. The van der Waals surface area contributed by atoms with Crippen LogP contribution in [0.3, 0.4) is 0 Å². The summed E-state index contributed by atoms with van der Waals surface area (Å²) in [5, 5.41) is -0.572. The van der Waals surface area contributed by atoms with E-state index in [0.717, 1.165) is 11.3 Å². The molecule has 0 aromatic rings. The molecule has 2 N–H and O–H groups in total. The smallest absolute Gasteiger partial charge is 0.230 e. The van der Waals surface area contributed by atoms with Gasteiger partial charge in [0.15, 0.2) is 11.5 Å². The van der Waals surface area contributed by atoms with Crippen LogP contribution in [0.2, 0.25) is 0 Å². The molecule has 19 heavy (non-hydrogen) atoms. The maximum absolute atomic E-state index is 12.4. The number of ether oxygens (including phenoxy) is 2. The predicted octanol–water partition coefficient (Wildman–Crippen LogP) is 1.10. The minimum Gasteiger partial charge on any atom is -0.458 e. The fraction of sp³-hybridized carbons (Fsp3) is 0.538. The van der Waals surface area contributed by atoms with Crippen LogP contribution in [0.5, 0.6) is 0 Å². The lowest BCUT2D eigenvalue weighted by atomic mass is 9.83. The molecular formula is C13H15NO4S. The Morgan fingerprint density at radius 1 is 1.42 bits per heavy atom. The average molecular weight is 281 g/mol. The maximum Gasteiger partial charge on any atom is 0.230 e. The molecule has 3 unspecified atom stereocenters. The molecule has 6 heteroatoms. The van der Waals surface area contributed by atoms with Crippen molar-refractivity contribution in [1.29, 1.82) is 0 Å². The first-order valence-electron chi connectivity index (χ1n) is 6.24. The van der Waals surface area contributed by atoms with Crippen molar-refractivity contribution in [3.8, 4) is 0 Å². The first kappa shape index (κ1) is 12.6. The van der Waals surface area contributed by atoms with E-state index in [2.05, 4.69) is 0 Å². The van der Waals surface area contributed by atoms with Crippen molar-refractivity contribution >= 4 is 23.5 Å². The molecule has 5 nitrogen and oxygen atoms in total. The van der Waals surface area contributed by atoms with Crippen LogP contribution in [0.4, 0.5) is 0 Å². The van der Waals surface area contributed by atoms with Crippen molar-refractivity contribution in [2.75, 3.05) is 6.79 Å². The van der Waals surface area contributed by atoms with Gasteiger partial charge in [-0.1, -0.05) is 5.57 Å². The molecule has 0 radical (unpaired) electrons. The molecule has 2 heterocycles. The summed E-state index contributed by atoms with van der Waals surface area (Å²) >= 11 is 1.35. The van der Waals surface area contributed by atoms with Gasteiger partial charge in [0.2, 0.25) is 12.7 Å². The third kappa shape index (κ3) is 2.14. The molecule has 3 atom stereocenters. The first-order chi connectivity index (χ1) is 9.06. The number of primary amides is 1. The number of thioether (sulfide) groups is 1. The summed E-state index contributed by atoms with van der Waals surface area (Å²) in [7, 11) is 0. The largest absolute Gasteiger partial charge is 0.458 e. The van der Waals surface area contributed by atoms with Gasteiger partial charge in [0, 0.05) is 12.3 Å². The second kappa shape index (κ2) is 4.59. The van der Waals surface area contributed by atoms with Gasteiger partial charge in [-0.05, 0) is 19.4 Å². The van der Waals surface area contributed by atoms with Gasteiger partial charge in [0.05, 0.1) is 10.5 Å². The molecule has 0 aromatic carbocycles. The zero-order valence-corrected chi connectivity index (χ0v) is 11.4. The number of rotatable bonds is 1. The van der Waals surface area contributed by atoms with Crippen LogP contribution >= 0.6 is 11.8 Å². The Morgan fingerprint density at radius 3 is 2.95 bits per heavy atom. The Bertz CT molecular complexity index is 511. The van der Waals surface area contributed by atoms with Crippen LogP contribution in [0.15, 0.2) is 23.2 Å². The van der Waals surface area contributed by atoms with Crippen molar-refractivity contribution in [2.24, 2.45) is 11.7 Å². The Morgan fingerprint density at radius 2 is 2.21 bits per heavy atom. The van der Waals surface area contributed by atoms with Gasteiger partial charge < -0.3 is 15.2 Å². The molecule has 1 fully saturated rings. The zero-order valence-electron chi connectivity index (χ0n) is 10.5. The monoisotopic (exact) mass is 281 g/mol. The van der Waals surface area contributed by atoms with Gasteiger partial charge in [-0.3, -0.25) is 9.59 Å². The fourth-order valence-electron chi connectivity index (χ4n) is 2.69. The van der Waals surface area contributed by atoms with Gasteiger partial charge >= 0.3 is 0 Å². The van der Waals surface area contributed by atoms with E-state index in [1.807, 2.05) is 13.0 Å². The lowest BCUT2D eigenvalue weighted by molar-refractivity contribution is -0.121. The van der Waals surface area contributed by atoms with Crippen LogP contribution in [0.25, 0.3) is 0 Å². The summed E-state index contributed by atoms with van der Waals surface area (Å²) in [4.78, 5) is 23.9. The van der Waals surface area contributed by atoms with Gasteiger partial charge in [-0.2, -0.15) is 0 Å². The molecule has 102 valence electrons. The summed E-state index contributed by atoms with van der Waals surface area (Å²) in [6.45, 7) is 2.04. The average Bonchev–Trinajstić information content (AvgIpc) is 2.78. The molecule has 3 rings (SSSR count). The Hall–Kier alpha value is -1.43. The van der Waals surface area contributed by atoms with E-state index in [4.69, 9.17) is 15.2 Å². The number of carbonyl (C=O) groups excluding carboxylic acids is 2. The Labute approximate surface area is 115 Å². The van der Waals surface area contributed by atoms with Crippen molar-refractivity contribution in [1.82, 2.24) is 0 Å². The number of ketones is 1. The minimum absolute atomic E-state index is 0.141. The number of amides is 1. The molecule has 1 saturated heterocycles. The second-order valence-corrected chi connectivity index (χ2v) is 6.49. The van der Waals surface area contributed by atoms with Crippen molar-refractivity contribution in [2.45, 2.75) is 30.3 Å². The topological polar surface area (TPSA) is 78.6 Å². The molecule has 1 aliphatic carbocycles. The second-order valence-electron chi connectivity index (χ2n) is 4.95. The van der Waals surface area contributed by atoms with Crippen LogP contribution in [0, 0.1) is 5.92 Å². The third-order valence-corrected chi connectivity index (χ3v) is 5.10. The van der Waals surface area contributed by atoms with E-state index in [1.165, 1.54) is 11.8 Å². The van der Waals surface area contributed by atoms with Gasteiger partial charge in [-0.25, -0.2) is 0 Å². The zero-order chi connectivity index (χ0) is 13.6. The molecule has 0 aromatic heterocycles. The highest BCUT2D eigenvalue weighted by Crippen LogP contribution is 2.42. The number of Topliss-reactive ketones (excluding diaryl/α,β-unsaturated/α-hetero) is 1. The van der Waals surface area contributed by atoms with Gasteiger partial charge in [0.1, 0.15) is 5.76 Å². The number of hydrogen-bond donors (Lipinski definition) is 1. The summed E-state index contributed by atoms with van der Waals surface area (Å²) < 4.78 is 10.7. The van der Waals surface area contributed by atoms with E-state index in [1.54, 1.807) is 0 Å². The molecule has 2 aliphatic heterocycles. The van der Waals surface area contributed by atoms with E-state index in [0.29, 0.717) is 18.6 Å². The van der Waals surface area contributed by atoms with E-state index in [-0.39, 0.29) is 34.9 Å². The molecule has 1 amide bonds. The summed E-state index contributed by atoms with van der Waals surface area (Å²) in [6, 6.07) is 0.